The van der Waals surface area contributed by atoms with Gasteiger partial charge >= 0.3 is 0 Å². The van der Waals surface area contributed by atoms with Gasteiger partial charge in [-0.3, -0.25) is 0 Å². The molecule has 0 aliphatic carbocycles. The van der Waals surface area contributed by atoms with Crippen LogP contribution in [0.4, 0.5) is 18.9 Å². The standard InChI is InChI=1S/C16H17F3N2/c1-21(2)10-11-4-3-5-13(6-11)20-9-12-7-14(17)16(19)15(18)8-12/h3-8,20H,9-10H2,1-2H3. The summed E-state index contributed by atoms with van der Waals surface area (Å²) in [4.78, 5) is 2.05. The van der Waals surface area contributed by atoms with Crippen molar-refractivity contribution in [3.8, 4) is 0 Å². The molecule has 0 unspecified atom stereocenters. The van der Waals surface area contributed by atoms with E-state index in [2.05, 4.69) is 5.32 Å². The van der Waals surface area contributed by atoms with Gasteiger partial charge in [0.1, 0.15) is 0 Å². The first-order valence-corrected chi connectivity index (χ1v) is 6.56. The van der Waals surface area contributed by atoms with Crippen LogP contribution in [0.1, 0.15) is 11.1 Å². The molecule has 0 atom stereocenters. The third-order valence-electron chi connectivity index (χ3n) is 2.97. The maximum atomic E-state index is 13.1. The summed E-state index contributed by atoms with van der Waals surface area (Å²) in [7, 11) is 3.95. The summed E-state index contributed by atoms with van der Waals surface area (Å²) >= 11 is 0. The molecule has 2 rings (SSSR count). The normalized spacial score (nSPS) is 11.0. The molecule has 0 radical (unpaired) electrons. The number of rotatable bonds is 5. The van der Waals surface area contributed by atoms with E-state index in [9.17, 15) is 13.2 Å². The molecule has 0 spiro atoms. The first-order chi connectivity index (χ1) is 9.95. The highest BCUT2D eigenvalue weighted by atomic mass is 19.2. The number of benzene rings is 2. The molecule has 0 heterocycles. The smallest absolute Gasteiger partial charge is 0.194 e. The van der Waals surface area contributed by atoms with Gasteiger partial charge < -0.3 is 10.2 Å². The summed E-state index contributed by atoms with van der Waals surface area (Å²) in [6.07, 6.45) is 0. The van der Waals surface area contributed by atoms with Crippen LogP contribution in [-0.2, 0) is 13.1 Å². The average molecular weight is 294 g/mol. The van der Waals surface area contributed by atoms with Crippen LogP contribution in [0.25, 0.3) is 0 Å². The van der Waals surface area contributed by atoms with Crippen LogP contribution in [0.3, 0.4) is 0 Å². The van der Waals surface area contributed by atoms with Crippen molar-refractivity contribution in [1.82, 2.24) is 4.90 Å². The Labute approximate surface area is 122 Å². The Morgan fingerprint density at radius 1 is 0.952 bits per heavy atom. The highest BCUT2D eigenvalue weighted by Crippen LogP contribution is 2.16. The van der Waals surface area contributed by atoms with Crippen LogP contribution in [0.5, 0.6) is 0 Å². The Morgan fingerprint density at radius 2 is 1.62 bits per heavy atom. The first kappa shape index (κ1) is 15.4. The molecule has 21 heavy (non-hydrogen) atoms. The molecule has 0 bridgehead atoms. The number of halogens is 3. The summed E-state index contributed by atoms with van der Waals surface area (Å²) < 4.78 is 39.1. The summed E-state index contributed by atoms with van der Waals surface area (Å²) in [6.45, 7) is 1.02. The third kappa shape index (κ3) is 4.23. The van der Waals surface area contributed by atoms with Gasteiger partial charge in [-0.25, -0.2) is 13.2 Å². The molecule has 1 N–H and O–H groups in total. The predicted molar refractivity (Wildman–Crippen MR) is 77.5 cm³/mol. The van der Waals surface area contributed by atoms with Crippen LogP contribution in [0.2, 0.25) is 0 Å². The molecule has 112 valence electrons. The van der Waals surface area contributed by atoms with Gasteiger partial charge in [-0.15, -0.1) is 0 Å². The molecule has 0 saturated carbocycles. The van der Waals surface area contributed by atoms with E-state index in [0.29, 0.717) is 5.56 Å². The van der Waals surface area contributed by atoms with E-state index in [1.54, 1.807) is 0 Å². The quantitative estimate of drug-likeness (QED) is 0.844. The maximum Gasteiger partial charge on any atom is 0.194 e. The zero-order valence-electron chi connectivity index (χ0n) is 12.0. The van der Waals surface area contributed by atoms with Crippen LogP contribution in [-0.4, -0.2) is 19.0 Å². The molecular weight excluding hydrogens is 277 g/mol. The predicted octanol–water partition coefficient (Wildman–Crippen LogP) is 3.78. The van der Waals surface area contributed by atoms with Crippen molar-refractivity contribution in [2.24, 2.45) is 0 Å². The van der Waals surface area contributed by atoms with Crippen LogP contribution in [0, 0.1) is 17.5 Å². The van der Waals surface area contributed by atoms with E-state index >= 15 is 0 Å². The van der Waals surface area contributed by atoms with Gasteiger partial charge in [-0.1, -0.05) is 12.1 Å². The second-order valence-electron chi connectivity index (χ2n) is 5.17. The Hall–Kier alpha value is -2.01. The summed E-state index contributed by atoms with van der Waals surface area (Å²) in [6, 6.07) is 9.74. The second kappa shape index (κ2) is 6.63. The van der Waals surface area contributed by atoms with Gasteiger partial charge in [-0.2, -0.15) is 0 Å². The minimum absolute atomic E-state index is 0.222. The highest BCUT2D eigenvalue weighted by molar-refractivity contribution is 5.46. The Kier molecular flexibility index (Phi) is 4.85. The highest BCUT2D eigenvalue weighted by Gasteiger charge is 2.10. The number of anilines is 1. The fourth-order valence-electron chi connectivity index (χ4n) is 2.06. The lowest BCUT2D eigenvalue weighted by Crippen LogP contribution is -2.10. The van der Waals surface area contributed by atoms with Crippen molar-refractivity contribution < 1.29 is 13.2 Å². The number of hydrogen-bond donors (Lipinski definition) is 1. The average Bonchev–Trinajstić information content (AvgIpc) is 2.42. The van der Waals surface area contributed by atoms with Gasteiger partial charge in [-0.05, 0) is 49.5 Å². The van der Waals surface area contributed by atoms with E-state index < -0.39 is 17.5 Å². The molecule has 2 aromatic rings. The lowest BCUT2D eigenvalue weighted by molar-refractivity contribution is 0.402. The molecule has 0 saturated heterocycles. The zero-order valence-corrected chi connectivity index (χ0v) is 12.0. The van der Waals surface area contributed by atoms with E-state index in [1.807, 2.05) is 43.3 Å². The summed E-state index contributed by atoms with van der Waals surface area (Å²) in [5.41, 5.74) is 2.32. The van der Waals surface area contributed by atoms with Crippen molar-refractivity contribution in [2.45, 2.75) is 13.1 Å². The van der Waals surface area contributed by atoms with E-state index in [-0.39, 0.29) is 6.54 Å². The monoisotopic (exact) mass is 294 g/mol. The Balaban J connectivity index is 2.06. The van der Waals surface area contributed by atoms with Crippen molar-refractivity contribution in [3.63, 3.8) is 0 Å². The molecule has 0 fully saturated rings. The molecular formula is C16H17F3N2. The minimum Gasteiger partial charge on any atom is -0.381 e. The fourth-order valence-corrected chi connectivity index (χ4v) is 2.06. The zero-order chi connectivity index (χ0) is 15.4. The Morgan fingerprint density at radius 3 is 2.24 bits per heavy atom. The van der Waals surface area contributed by atoms with Gasteiger partial charge in [0.2, 0.25) is 0 Å². The molecule has 0 aromatic heterocycles. The molecule has 2 aromatic carbocycles. The van der Waals surface area contributed by atoms with Crippen molar-refractivity contribution in [2.75, 3.05) is 19.4 Å². The molecule has 0 aliphatic heterocycles. The van der Waals surface area contributed by atoms with Gasteiger partial charge in [0.15, 0.2) is 17.5 Å². The summed E-state index contributed by atoms with van der Waals surface area (Å²) in [5, 5.41) is 3.07. The van der Waals surface area contributed by atoms with Crippen LogP contribution >= 0.6 is 0 Å². The second-order valence-corrected chi connectivity index (χ2v) is 5.17. The van der Waals surface area contributed by atoms with Crippen molar-refractivity contribution in [3.05, 3.63) is 65.0 Å². The first-order valence-electron chi connectivity index (χ1n) is 6.56. The fraction of sp³-hybridized carbons (Fsp3) is 0.250. The third-order valence-corrected chi connectivity index (χ3v) is 2.97. The van der Waals surface area contributed by atoms with Crippen molar-refractivity contribution in [1.29, 1.82) is 0 Å². The van der Waals surface area contributed by atoms with E-state index in [4.69, 9.17) is 0 Å². The lowest BCUT2D eigenvalue weighted by Gasteiger charge is -2.12. The van der Waals surface area contributed by atoms with Gasteiger partial charge in [0.05, 0.1) is 0 Å². The van der Waals surface area contributed by atoms with Gasteiger partial charge in [0, 0.05) is 18.8 Å². The molecule has 0 aliphatic rings. The Bertz CT molecular complexity index is 604. The van der Waals surface area contributed by atoms with E-state index in [0.717, 1.165) is 29.9 Å². The lowest BCUT2D eigenvalue weighted by atomic mass is 10.1. The number of nitrogens with one attached hydrogen (secondary N) is 1. The minimum atomic E-state index is -1.44. The maximum absolute atomic E-state index is 13.1. The largest absolute Gasteiger partial charge is 0.381 e. The topological polar surface area (TPSA) is 15.3 Å². The van der Waals surface area contributed by atoms with Crippen molar-refractivity contribution >= 4 is 5.69 Å². The number of nitrogens with zero attached hydrogens (tertiary/aromatic N) is 1. The van der Waals surface area contributed by atoms with E-state index in [1.165, 1.54) is 0 Å². The number of hydrogen-bond acceptors (Lipinski definition) is 2. The molecule has 0 amide bonds. The van der Waals surface area contributed by atoms with Crippen LogP contribution < -0.4 is 5.32 Å². The summed E-state index contributed by atoms with van der Waals surface area (Å²) in [5.74, 6) is -3.78. The SMILES string of the molecule is CN(C)Cc1cccc(NCc2cc(F)c(F)c(F)c2)c1. The van der Waals surface area contributed by atoms with Crippen LogP contribution in [0.15, 0.2) is 36.4 Å². The molecule has 5 heteroatoms. The van der Waals surface area contributed by atoms with Gasteiger partial charge in [0.25, 0.3) is 0 Å². The molecule has 2 nitrogen and oxygen atoms in total.